The number of ketones is 1. The number of hydrogen-bond donors (Lipinski definition) is 1. The van der Waals surface area contributed by atoms with E-state index in [-0.39, 0.29) is 37.0 Å². The number of fused-ring (bicyclic) bond motifs is 2. The SMILES string of the molecule is O=C1CO[C@H]2CCN(C(=O)N3CCC(c4cn(CCO)c5ccc(Cl)cc45)CC3)C[C@H]2C1. The lowest BCUT2D eigenvalue weighted by molar-refractivity contribution is -0.139. The van der Waals surface area contributed by atoms with E-state index in [0.29, 0.717) is 37.0 Å². The molecule has 0 bridgehead atoms. The van der Waals surface area contributed by atoms with Gasteiger partial charge in [0.2, 0.25) is 0 Å². The summed E-state index contributed by atoms with van der Waals surface area (Å²) in [6.45, 7) is 3.62. The van der Waals surface area contributed by atoms with Crippen LogP contribution in [0.15, 0.2) is 24.4 Å². The number of hydrogen-bond acceptors (Lipinski definition) is 4. The normalized spacial score (nSPS) is 24.8. The fourth-order valence-corrected chi connectivity index (χ4v) is 5.82. The smallest absolute Gasteiger partial charge is 0.320 e. The summed E-state index contributed by atoms with van der Waals surface area (Å²) in [6.07, 6.45) is 5.40. The number of rotatable bonds is 3. The summed E-state index contributed by atoms with van der Waals surface area (Å²) in [6, 6.07) is 6.00. The second-order valence-corrected chi connectivity index (χ2v) is 9.73. The fourth-order valence-electron chi connectivity index (χ4n) is 5.65. The zero-order valence-electron chi connectivity index (χ0n) is 18.2. The molecule has 172 valence electrons. The molecule has 0 radical (unpaired) electrons. The van der Waals surface area contributed by atoms with Gasteiger partial charge in [-0.25, -0.2) is 4.79 Å². The van der Waals surface area contributed by atoms with Crippen molar-refractivity contribution in [1.82, 2.24) is 14.4 Å². The third kappa shape index (κ3) is 4.14. The number of carbonyl (C=O) groups is 2. The quantitative estimate of drug-likeness (QED) is 0.764. The highest BCUT2D eigenvalue weighted by molar-refractivity contribution is 6.31. The first-order chi connectivity index (χ1) is 15.5. The molecular formula is C24H30ClN3O4. The predicted octanol–water partition coefficient (Wildman–Crippen LogP) is 3.27. The van der Waals surface area contributed by atoms with Crippen molar-refractivity contribution in [3.63, 3.8) is 0 Å². The number of carbonyl (C=O) groups excluding carboxylic acids is 2. The first kappa shape index (κ1) is 21.7. The van der Waals surface area contributed by atoms with Crippen LogP contribution in [0.5, 0.6) is 0 Å². The van der Waals surface area contributed by atoms with Crippen LogP contribution in [0.25, 0.3) is 10.9 Å². The summed E-state index contributed by atoms with van der Waals surface area (Å²) in [7, 11) is 0. The van der Waals surface area contributed by atoms with Crippen LogP contribution in [-0.4, -0.2) is 76.8 Å². The molecule has 1 N–H and O–H groups in total. The van der Waals surface area contributed by atoms with Gasteiger partial charge in [0, 0.05) is 67.2 Å². The number of aromatic nitrogens is 1. The Kier molecular flexibility index (Phi) is 6.14. The van der Waals surface area contributed by atoms with Gasteiger partial charge in [0.25, 0.3) is 0 Å². The van der Waals surface area contributed by atoms with Crippen molar-refractivity contribution in [1.29, 1.82) is 0 Å². The molecule has 5 rings (SSSR count). The minimum atomic E-state index is 0.0886. The van der Waals surface area contributed by atoms with Crippen LogP contribution in [0.3, 0.4) is 0 Å². The molecule has 0 unspecified atom stereocenters. The number of piperidine rings is 2. The van der Waals surface area contributed by atoms with Crippen LogP contribution in [-0.2, 0) is 16.1 Å². The Morgan fingerprint density at radius 1 is 1.16 bits per heavy atom. The monoisotopic (exact) mass is 459 g/mol. The van der Waals surface area contributed by atoms with Crippen LogP contribution >= 0.6 is 11.6 Å². The molecule has 3 fully saturated rings. The van der Waals surface area contributed by atoms with Crippen LogP contribution in [0, 0.1) is 5.92 Å². The molecule has 3 saturated heterocycles. The third-order valence-corrected chi connectivity index (χ3v) is 7.54. The molecular weight excluding hydrogens is 430 g/mol. The number of Topliss-reactive ketones (excluding diaryl/α,β-unsaturated/α-hetero) is 1. The molecule has 7 nitrogen and oxygen atoms in total. The maximum absolute atomic E-state index is 13.2. The largest absolute Gasteiger partial charge is 0.395 e. The van der Waals surface area contributed by atoms with Gasteiger partial charge in [-0.3, -0.25) is 4.79 Å². The summed E-state index contributed by atoms with van der Waals surface area (Å²) >= 11 is 6.28. The molecule has 0 saturated carbocycles. The number of likely N-dealkylation sites (tertiary alicyclic amines) is 2. The standard InChI is InChI=1S/C24H30ClN3O4/c25-18-1-2-22-20(12-18)21(14-27(22)9-10-29)16-3-6-26(7-4-16)24(31)28-8-5-23-17(13-28)11-19(30)15-32-23/h1-2,12,14,16-17,23,29H,3-11,13,15H2/t17-,23+/m1/s1. The van der Waals surface area contributed by atoms with Gasteiger partial charge < -0.3 is 24.2 Å². The summed E-state index contributed by atoms with van der Waals surface area (Å²) in [5.74, 6) is 0.630. The molecule has 3 aliphatic rings. The molecule has 3 aliphatic heterocycles. The van der Waals surface area contributed by atoms with E-state index < -0.39 is 0 Å². The highest BCUT2D eigenvalue weighted by Crippen LogP contribution is 2.36. The van der Waals surface area contributed by atoms with E-state index in [1.54, 1.807) is 0 Å². The summed E-state index contributed by atoms with van der Waals surface area (Å²) < 4.78 is 7.76. The Balaban J connectivity index is 1.25. The topological polar surface area (TPSA) is 75.0 Å². The highest BCUT2D eigenvalue weighted by Gasteiger charge is 2.38. The Morgan fingerprint density at radius 3 is 2.72 bits per heavy atom. The number of nitrogens with zero attached hydrogens (tertiary/aromatic N) is 3. The summed E-state index contributed by atoms with van der Waals surface area (Å²) in [4.78, 5) is 28.8. The highest BCUT2D eigenvalue weighted by atomic mass is 35.5. The predicted molar refractivity (Wildman–Crippen MR) is 122 cm³/mol. The van der Waals surface area contributed by atoms with E-state index in [2.05, 4.69) is 10.8 Å². The Morgan fingerprint density at radius 2 is 1.94 bits per heavy atom. The van der Waals surface area contributed by atoms with Crippen molar-refractivity contribution >= 4 is 34.3 Å². The lowest BCUT2D eigenvalue weighted by atomic mass is 9.87. The van der Waals surface area contributed by atoms with Crippen LogP contribution in [0.2, 0.25) is 5.02 Å². The number of ether oxygens (including phenoxy) is 1. The molecule has 0 aliphatic carbocycles. The minimum absolute atomic E-state index is 0.0886. The first-order valence-electron chi connectivity index (χ1n) is 11.6. The van der Waals surface area contributed by atoms with Crippen LogP contribution in [0.1, 0.15) is 37.2 Å². The lowest BCUT2D eigenvalue weighted by Crippen LogP contribution is -2.54. The number of benzene rings is 1. The average molecular weight is 460 g/mol. The molecule has 2 atom stereocenters. The van der Waals surface area contributed by atoms with Crippen molar-refractivity contribution in [2.45, 2.75) is 44.2 Å². The Hall–Kier alpha value is -2.09. The average Bonchev–Trinajstić information content (AvgIpc) is 3.16. The molecule has 0 spiro atoms. The molecule has 8 heteroatoms. The molecule has 32 heavy (non-hydrogen) atoms. The molecule has 2 amide bonds. The maximum atomic E-state index is 13.2. The molecule has 1 aromatic heterocycles. The van der Waals surface area contributed by atoms with Crippen LogP contribution < -0.4 is 0 Å². The van der Waals surface area contributed by atoms with E-state index >= 15 is 0 Å². The Labute approximate surface area is 192 Å². The number of aliphatic hydroxyl groups excluding tert-OH is 1. The zero-order chi connectivity index (χ0) is 22.2. The van der Waals surface area contributed by atoms with E-state index in [0.717, 1.165) is 43.3 Å². The molecule has 2 aromatic rings. The Bertz CT molecular complexity index is 1010. The van der Waals surface area contributed by atoms with Gasteiger partial charge in [-0.2, -0.15) is 0 Å². The van der Waals surface area contributed by atoms with Gasteiger partial charge in [0.05, 0.1) is 12.7 Å². The minimum Gasteiger partial charge on any atom is -0.395 e. The lowest BCUT2D eigenvalue weighted by Gasteiger charge is -2.43. The van der Waals surface area contributed by atoms with E-state index in [1.807, 2.05) is 28.0 Å². The van der Waals surface area contributed by atoms with Gasteiger partial charge in [0.1, 0.15) is 6.61 Å². The number of amides is 2. The van der Waals surface area contributed by atoms with Gasteiger partial charge in [-0.1, -0.05) is 11.6 Å². The zero-order valence-corrected chi connectivity index (χ0v) is 19.0. The first-order valence-corrected chi connectivity index (χ1v) is 12.0. The van der Waals surface area contributed by atoms with Gasteiger partial charge in [-0.15, -0.1) is 0 Å². The number of halogens is 1. The number of aliphatic hydroxyl groups is 1. The van der Waals surface area contributed by atoms with Gasteiger partial charge in [0.15, 0.2) is 5.78 Å². The maximum Gasteiger partial charge on any atom is 0.320 e. The molecule has 1 aromatic carbocycles. The van der Waals surface area contributed by atoms with Gasteiger partial charge in [-0.05, 0) is 48.9 Å². The van der Waals surface area contributed by atoms with Crippen molar-refractivity contribution in [2.75, 3.05) is 39.4 Å². The van der Waals surface area contributed by atoms with Crippen molar-refractivity contribution < 1.29 is 19.4 Å². The number of urea groups is 1. The second kappa shape index (κ2) is 9.04. The van der Waals surface area contributed by atoms with Crippen molar-refractivity contribution in [2.24, 2.45) is 5.92 Å². The molecule has 4 heterocycles. The van der Waals surface area contributed by atoms with Crippen LogP contribution in [0.4, 0.5) is 4.79 Å². The fraction of sp³-hybridized carbons (Fsp3) is 0.583. The summed E-state index contributed by atoms with van der Waals surface area (Å²) in [5.41, 5.74) is 2.34. The third-order valence-electron chi connectivity index (χ3n) is 7.30. The van der Waals surface area contributed by atoms with Crippen molar-refractivity contribution in [3.05, 3.63) is 35.0 Å². The van der Waals surface area contributed by atoms with Gasteiger partial charge >= 0.3 is 6.03 Å². The van der Waals surface area contributed by atoms with E-state index in [9.17, 15) is 14.7 Å². The van der Waals surface area contributed by atoms with E-state index in [1.165, 1.54) is 5.56 Å². The van der Waals surface area contributed by atoms with E-state index in [4.69, 9.17) is 16.3 Å². The summed E-state index contributed by atoms with van der Waals surface area (Å²) in [5, 5.41) is 11.3. The van der Waals surface area contributed by atoms with Crippen molar-refractivity contribution in [3.8, 4) is 0 Å². The second-order valence-electron chi connectivity index (χ2n) is 9.29.